The molecule has 1 aliphatic rings. The zero-order valence-corrected chi connectivity index (χ0v) is 16.9. The van der Waals surface area contributed by atoms with Gasteiger partial charge in [-0.15, -0.1) is 0 Å². The Balaban J connectivity index is 1.77. The number of halogens is 1. The molecule has 9 heteroatoms. The number of carbonyl (C=O) groups excluding carboxylic acids is 1. The molecule has 1 aromatic rings. The van der Waals surface area contributed by atoms with E-state index in [4.69, 9.17) is 11.6 Å². The van der Waals surface area contributed by atoms with Gasteiger partial charge in [-0.1, -0.05) is 37.6 Å². The van der Waals surface area contributed by atoms with E-state index in [0.29, 0.717) is 50.8 Å². The van der Waals surface area contributed by atoms with Crippen LogP contribution in [0.15, 0.2) is 24.3 Å². The lowest BCUT2D eigenvalue weighted by Crippen LogP contribution is -2.54. The van der Waals surface area contributed by atoms with Crippen molar-refractivity contribution in [3.05, 3.63) is 34.9 Å². The fraction of sp³-hybridized carbons (Fsp3) is 0.588. The molecule has 1 aliphatic heterocycles. The topological polar surface area (TPSA) is 73.0 Å². The van der Waals surface area contributed by atoms with E-state index in [1.165, 1.54) is 8.61 Å². The summed E-state index contributed by atoms with van der Waals surface area (Å²) in [5.41, 5.74) is 0.984. The standard InChI is InChI=1S/C17H27ClN4O3S/c1-3-21(4-2)26(24,25)22-11-9-20(10-12-22)14-17(23)19-13-15-5-7-16(18)8-6-15/h5-8H,3-4,9-14H2,1-2H3,(H,19,23). The van der Waals surface area contributed by atoms with Crippen LogP contribution in [-0.2, 0) is 21.5 Å². The summed E-state index contributed by atoms with van der Waals surface area (Å²) in [5.74, 6) is -0.0694. The number of rotatable bonds is 8. The average Bonchev–Trinajstić information content (AvgIpc) is 2.62. The smallest absolute Gasteiger partial charge is 0.282 e. The lowest BCUT2D eigenvalue weighted by Gasteiger charge is -2.35. The molecule has 1 heterocycles. The molecule has 7 nitrogen and oxygen atoms in total. The van der Waals surface area contributed by atoms with Crippen LogP contribution in [0.2, 0.25) is 5.02 Å². The molecular formula is C17H27ClN4O3S. The van der Waals surface area contributed by atoms with Gasteiger partial charge in [0.05, 0.1) is 6.54 Å². The zero-order chi connectivity index (χ0) is 19.2. The van der Waals surface area contributed by atoms with Crippen LogP contribution in [0.4, 0.5) is 0 Å². The summed E-state index contributed by atoms with van der Waals surface area (Å²) >= 11 is 5.84. The molecule has 1 amide bonds. The summed E-state index contributed by atoms with van der Waals surface area (Å²) in [4.78, 5) is 14.1. The number of hydrogen-bond acceptors (Lipinski definition) is 4. The van der Waals surface area contributed by atoms with E-state index >= 15 is 0 Å². The molecule has 0 radical (unpaired) electrons. The van der Waals surface area contributed by atoms with E-state index in [1.54, 1.807) is 12.1 Å². The van der Waals surface area contributed by atoms with Crippen molar-refractivity contribution in [2.24, 2.45) is 0 Å². The second-order valence-corrected chi connectivity index (χ2v) is 8.54. The number of benzene rings is 1. The molecule has 1 N–H and O–H groups in total. The van der Waals surface area contributed by atoms with Crippen LogP contribution >= 0.6 is 11.6 Å². The van der Waals surface area contributed by atoms with Gasteiger partial charge in [0.25, 0.3) is 10.2 Å². The van der Waals surface area contributed by atoms with Crippen molar-refractivity contribution >= 4 is 27.7 Å². The molecule has 1 aromatic carbocycles. The predicted molar refractivity (Wildman–Crippen MR) is 103 cm³/mol. The van der Waals surface area contributed by atoms with Crippen molar-refractivity contribution in [3.8, 4) is 0 Å². The SMILES string of the molecule is CCN(CC)S(=O)(=O)N1CCN(CC(=O)NCc2ccc(Cl)cc2)CC1. The van der Waals surface area contributed by atoms with Gasteiger partial charge < -0.3 is 5.32 Å². The van der Waals surface area contributed by atoms with E-state index in [2.05, 4.69) is 5.32 Å². The maximum absolute atomic E-state index is 12.5. The molecule has 0 bridgehead atoms. The van der Waals surface area contributed by atoms with Gasteiger partial charge in [-0.05, 0) is 17.7 Å². The van der Waals surface area contributed by atoms with Crippen molar-refractivity contribution < 1.29 is 13.2 Å². The quantitative estimate of drug-likeness (QED) is 0.708. The van der Waals surface area contributed by atoms with E-state index in [1.807, 2.05) is 30.9 Å². The number of carbonyl (C=O) groups is 1. The predicted octanol–water partition coefficient (Wildman–Crippen LogP) is 1.16. The van der Waals surface area contributed by atoms with Gasteiger partial charge in [-0.2, -0.15) is 17.0 Å². The molecule has 0 unspecified atom stereocenters. The summed E-state index contributed by atoms with van der Waals surface area (Å²) in [5, 5.41) is 3.54. The van der Waals surface area contributed by atoms with Crippen LogP contribution in [0.3, 0.4) is 0 Å². The number of nitrogens with one attached hydrogen (secondary N) is 1. The first-order valence-corrected chi connectivity index (χ1v) is 10.6. The zero-order valence-electron chi connectivity index (χ0n) is 15.3. The molecular weight excluding hydrogens is 376 g/mol. The molecule has 1 saturated heterocycles. The largest absolute Gasteiger partial charge is 0.351 e. The molecule has 0 aliphatic carbocycles. The summed E-state index contributed by atoms with van der Waals surface area (Å²) in [7, 11) is -3.40. The van der Waals surface area contributed by atoms with Gasteiger partial charge in [0.15, 0.2) is 0 Å². The van der Waals surface area contributed by atoms with Crippen molar-refractivity contribution in [3.63, 3.8) is 0 Å². The third-order valence-electron chi connectivity index (χ3n) is 4.46. The van der Waals surface area contributed by atoms with Crippen molar-refractivity contribution in [2.45, 2.75) is 20.4 Å². The van der Waals surface area contributed by atoms with Crippen LogP contribution in [0, 0.1) is 0 Å². The average molecular weight is 403 g/mol. The van der Waals surface area contributed by atoms with E-state index in [0.717, 1.165) is 5.56 Å². The number of nitrogens with zero attached hydrogens (tertiary/aromatic N) is 3. The number of piperazine rings is 1. The Morgan fingerprint density at radius 2 is 1.69 bits per heavy atom. The first-order chi connectivity index (χ1) is 12.4. The van der Waals surface area contributed by atoms with Gasteiger partial charge in [-0.3, -0.25) is 9.69 Å². The monoisotopic (exact) mass is 402 g/mol. The van der Waals surface area contributed by atoms with Crippen LogP contribution < -0.4 is 5.32 Å². The Kier molecular flexibility index (Phi) is 7.85. The fourth-order valence-electron chi connectivity index (χ4n) is 2.89. The molecule has 146 valence electrons. The third kappa shape index (κ3) is 5.65. The molecule has 0 saturated carbocycles. The molecule has 0 aromatic heterocycles. The van der Waals surface area contributed by atoms with Crippen molar-refractivity contribution in [1.29, 1.82) is 0 Å². The summed E-state index contributed by atoms with van der Waals surface area (Å²) in [6, 6.07) is 7.33. The minimum absolute atomic E-state index is 0.0694. The highest BCUT2D eigenvalue weighted by Gasteiger charge is 2.31. The molecule has 2 rings (SSSR count). The highest BCUT2D eigenvalue weighted by Crippen LogP contribution is 2.12. The lowest BCUT2D eigenvalue weighted by molar-refractivity contribution is -0.122. The van der Waals surface area contributed by atoms with E-state index < -0.39 is 10.2 Å². The summed E-state index contributed by atoms with van der Waals surface area (Å²) < 4.78 is 28.0. The van der Waals surface area contributed by atoms with Gasteiger partial charge in [-0.25, -0.2) is 0 Å². The molecule has 0 atom stereocenters. The maximum atomic E-state index is 12.5. The van der Waals surface area contributed by atoms with Crippen LogP contribution in [-0.4, -0.2) is 73.6 Å². The van der Waals surface area contributed by atoms with Gasteiger partial charge in [0, 0.05) is 50.8 Å². The summed E-state index contributed by atoms with van der Waals surface area (Å²) in [6.45, 7) is 7.23. The molecule has 26 heavy (non-hydrogen) atoms. The Morgan fingerprint density at radius 1 is 1.12 bits per heavy atom. The van der Waals surface area contributed by atoms with Crippen molar-refractivity contribution in [2.75, 3.05) is 45.8 Å². The second-order valence-electron chi connectivity index (χ2n) is 6.17. The number of amides is 1. The first kappa shape index (κ1) is 21.1. The van der Waals surface area contributed by atoms with E-state index in [-0.39, 0.29) is 12.5 Å². The van der Waals surface area contributed by atoms with Crippen LogP contribution in [0.1, 0.15) is 19.4 Å². The Bertz CT molecular complexity index is 684. The minimum Gasteiger partial charge on any atom is -0.351 e. The summed E-state index contributed by atoms with van der Waals surface area (Å²) in [6.07, 6.45) is 0. The highest BCUT2D eigenvalue weighted by atomic mass is 35.5. The van der Waals surface area contributed by atoms with Crippen molar-refractivity contribution in [1.82, 2.24) is 18.8 Å². The highest BCUT2D eigenvalue weighted by molar-refractivity contribution is 7.86. The fourth-order valence-corrected chi connectivity index (χ4v) is 4.62. The Labute approximate surface area is 161 Å². The lowest BCUT2D eigenvalue weighted by atomic mass is 10.2. The second kappa shape index (κ2) is 9.66. The minimum atomic E-state index is -3.40. The maximum Gasteiger partial charge on any atom is 0.282 e. The van der Waals surface area contributed by atoms with Gasteiger partial charge >= 0.3 is 0 Å². The third-order valence-corrected chi connectivity index (χ3v) is 6.90. The first-order valence-electron chi connectivity index (χ1n) is 8.85. The van der Waals surface area contributed by atoms with Gasteiger partial charge in [0.1, 0.15) is 0 Å². The molecule has 0 spiro atoms. The normalized spacial score (nSPS) is 16.8. The molecule has 1 fully saturated rings. The van der Waals surface area contributed by atoms with Crippen LogP contribution in [0.25, 0.3) is 0 Å². The van der Waals surface area contributed by atoms with Crippen LogP contribution in [0.5, 0.6) is 0 Å². The van der Waals surface area contributed by atoms with Gasteiger partial charge in [0.2, 0.25) is 5.91 Å². The Hall–Kier alpha value is -1.19. The Morgan fingerprint density at radius 3 is 2.23 bits per heavy atom. The number of hydrogen-bond donors (Lipinski definition) is 1. The van der Waals surface area contributed by atoms with E-state index in [9.17, 15) is 13.2 Å².